The Balaban J connectivity index is 2.05. The van der Waals surface area contributed by atoms with Crippen molar-refractivity contribution in [3.63, 3.8) is 0 Å². The normalized spacial score (nSPS) is 14.4. The molecule has 1 N–H and O–H groups in total. The van der Waals surface area contributed by atoms with Gasteiger partial charge in [-0.15, -0.1) is 0 Å². The molecule has 96 valence electrons. The molecule has 0 radical (unpaired) electrons. The monoisotopic (exact) mass is 307 g/mol. The Hall–Kier alpha value is -1.06. The van der Waals surface area contributed by atoms with Gasteiger partial charge in [-0.1, -0.05) is 35.0 Å². The summed E-state index contributed by atoms with van der Waals surface area (Å²) in [5, 5.41) is 3.60. The van der Waals surface area contributed by atoms with Crippen LogP contribution < -0.4 is 5.32 Å². The maximum Gasteiger partial charge on any atom is 0.120 e. The molecule has 1 heterocycles. The van der Waals surface area contributed by atoms with Gasteiger partial charge >= 0.3 is 0 Å². The minimum absolute atomic E-state index is 0.263. The summed E-state index contributed by atoms with van der Waals surface area (Å²) in [6, 6.07) is 12.9. The summed E-state index contributed by atoms with van der Waals surface area (Å²) in [5.41, 5.74) is 1.28. The molecule has 0 saturated carbocycles. The van der Waals surface area contributed by atoms with E-state index in [9.17, 15) is 0 Å². The molecule has 0 amide bonds. The lowest BCUT2D eigenvalue weighted by atomic mass is 10.1. The third-order valence-electron chi connectivity index (χ3n) is 3.12. The fraction of sp³-hybridized carbons (Fsp3) is 0.333. The Kier molecular flexibility index (Phi) is 4.61. The van der Waals surface area contributed by atoms with Crippen LogP contribution in [-0.4, -0.2) is 0 Å². The quantitative estimate of drug-likeness (QED) is 0.854. The van der Waals surface area contributed by atoms with E-state index >= 15 is 0 Å². The predicted octanol–water partition coefficient (Wildman–Crippen LogP) is 4.84. The number of furan rings is 1. The highest BCUT2D eigenvalue weighted by atomic mass is 79.9. The van der Waals surface area contributed by atoms with E-state index in [2.05, 4.69) is 59.4 Å². The van der Waals surface area contributed by atoms with E-state index in [1.165, 1.54) is 5.56 Å². The highest BCUT2D eigenvalue weighted by molar-refractivity contribution is 9.10. The van der Waals surface area contributed by atoms with E-state index in [-0.39, 0.29) is 6.04 Å². The number of hydrogen-bond donors (Lipinski definition) is 1. The van der Waals surface area contributed by atoms with Crippen molar-refractivity contribution in [3.05, 3.63) is 58.5 Å². The molecule has 0 saturated heterocycles. The number of nitrogens with one attached hydrogen (secondary N) is 1. The average Bonchev–Trinajstić information content (AvgIpc) is 2.90. The topological polar surface area (TPSA) is 25.2 Å². The van der Waals surface area contributed by atoms with Gasteiger partial charge in [0.15, 0.2) is 0 Å². The summed E-state index contributed by atoms with van der Waals surface area (Å²) in [4.78, 5) is 0. The third kappa shape index (κ3) is 3.24. The van der Waals surface area contributed by atoms with Crippen LogP contribution in [0.15, 0.2) is 51.6 Å². The Morgan fingerprint density at radius 2 is 1.94 bits per heavy atom. The van der Waals surface area contributed by atoms with Crippen molar-refractivity contribution in [2.24, 2.45) is 0 Å². The lowest BCUT2D eigenvalue weighted by molar-refractivity contribution is 0.376. The maximum atomic E-state index is 5.47. The summed E-state index contributed by atoms with van der Waals surface area (Å²) >= 11 is 3.46. The second-order valence-electron chi connectivity index (χ2n) is 4.42. The van der Waals surface area contributed by atoms with E-state index in [4.69, 9.17) is 4.42 Å². The molecular formula is C15H18BrNO. The fourth-order valence-electron chi connectivity index (χ4n) is 2.04. The zero-order chi connectivity index (χ0) is 13.0. The van der Waals surface area contributed by atoms with Crippen molar-refractivity contribution >= 4 is 15.9 Å². The second-order valence-corrected chi connectivity index (χ2v) is 5.33. The lowest BCUT2D eigenvalue weighted by Crippen LogP contribution is -2.23. The molecule has 0 fully saturated rings. The van der Waals surface area contributed by atoms with Gasteiger partial charge in [0.05, 0.1) is 12.3 Å². The van der Waals surface area contributed by atoms with Gasteiger partial charge in [0, 0.05) is 10.5 Å². The molecular weight excluding hydrogens is 290 g/mol. The fourth-order valence-corrected chi connectivity index (χ4v) is 2.30. The SMILES string of the molecule is CCC(NC(C)c1ccc(Br)cc1)c1ccco1. The molecule has 1 aromatic carbocycles. The number of benzene rings is 1. The first-order valence-corrected chi connectivity index (χ1v) is 7.05. The van der Waals surface area contributed by atoms with Gasteiger partial charge < -0.3 is 9.73 Å². The zero-order valence-electron chi connectivity index (χ0n) is 10.7. The summed E-state index contributed by atoms with van der Waals surface area (Å²) in [6.07, 6.45) is 2.73. The number of halogens is 1. The molecule has 0 aliphatic carbocycles. The van der Waals surface area contributed by atoms with Crippen LogP contribution in [-0.2, 0) is 0 Å². The Morgan fingerprint density at radius 3 is 2.50 bits per heavy atom. The van der Waals surface area contributed by atoms with E-state index in [1.54, 1.807) is 6.26 Å². The van der Waals surface area contributed by atoms with Gasteiger partial charge in [-0.05, 0) is 43.2 Å². The molecule has 3 heteroatoms. The van der Waals surface area contributed by atoms with E-state index in [0.717, 1.165) is 16.7 Å². The predicted molar refractivity (Wildman–Crippen MR) is 77.4 cm³/mol. The maximum absolute atomic E-state index is 5.47. The van der Waals surface area contributed by atoms with Gasteiger partial charge in [-0.2, -0.15) is 0 Å². The molecule has 0 aliphatic heterocycles. The van der Waals surface area contributed by atoms with Crippen LogP contribution in [0, 0.1) is 0 Å². The van der Waals surface area contributed by atoms with E-state index < -0.39 is 0 Å². The summed E-state index contributed by atoms with van der Waals surface area (Å²) in [6.45, 7) is 4.34. The van der Waals surface area contributed by atoms with Crippen LogP contribution >= 0.6 is 15.9 Å². The standard InChI is InChI=1S/C15H18BrNO/c1-3-14(15-5-4-10-18-15)17-11(2)12-6-8-13(16)9-7-12/h4-11,14,17H,3H2,1-2H3. The van der Waals surface area contributed by atoms with Crippen molar-refractivity contribution < 1.29 is 4.42 Å². The molecule has 2 nitrogen and oxygen atoms in total. The number of hydrogen-bond acceptors (Lipinski definition) is 2. The lowest BCUT2D eigenvalue weighted by Gasteiger charge is -2.21. The van der Waals surface area contributed by atoms with Crippen LogP contribution in [0.4, 0.5) is 0 Å². The molecule has 2 rings (SSSR count). The van der Waals surface area contributed by atoms with Crippen LogP contribution in [0.2, 0.25) is 0 Å². The highest BCUT2D eigenvalue weighted by Gasteiger charge is 2.15. The van der Waals surface area contributed by atoms with Crippen molar-refractivity contribution in [3.8, 4) is 0 Å². The molecule has 0 aliphatic rings. The second kappa shape index (κ2) is 6.21. The molecule has 0 bridgehead atoms. The van der Waals surface area contributed by atoms with Gasteiger partial charge in [0.1, 0.15) is 5.76 Å². The molecule has 1 aromatic heterocycles. The van der Waals surface area contributed by atoms with Gasteiger partial charge in [0.25, 0.3) is 0 Å². The van der Waals surface area contributed by atoms with E-state index in [1.807, 2.05) is 12.1 Å². The molecule has 0 spiro atoms. The molecule has 18 heavy (non-hydrogen) atoms. The Morgan fingerprint density at radius 1 is 1.22 bits per heavy atom. The smallest absolute Gasteiger partial charge is 0.120 e. The Bertz CT molecular complexity index is 464. The average molecular weight is 308 g/mol. The van der Waals surface area contributed by atoms with Crippen LogP contribution in [0.1, 0.15) is 43.7 Å². The van der Waals surface area contributed by atoms with Crippen LogP contribution in [0.25, 0.3) is 0 Å². The van der Waals surface area contributed by atoms with E-state index in [0.29, 0.717) is 6.04 Å². The summed E-state index contributed by atoms with van der Waals surface area (Å²) < 4.78 is 6.58. The van der Waals surface area contributed by atoms with Gasteiger partial charge in [-0.3, -0.25) is 0 Å². The summed E-state index contributed by atoms with van der Waals surface area (Å²) in [5.74, 6) is 1.00. The minimum atomic E-state index is 0.263. The van der Waals surface area contributed by atoms with Gasteiger partial charge in [-0.25, -0.2) is 0 Å². The van der Waals surface area contributed by atoms with Gasteiger partial charge in [0.2, 0.25) is 0 Å². The first-order valence-electron chi connectivity index (χ1n) is 6.25. The first kappa shape index (κ1) is 13.4. The largest absolute Gasteiger partial charge is 0.468 e. The van der Waals surface area contributed by atoms with Crippen molar-refractivity contribution in [1.82, 2.24) is 5.32 Å². The van der Waals surface area contributed by atoms with Crippen molar-refractivity contribution in [1.29, 1.82) is 0 Å². The first-order chi connectivity index (χ1) is 8.70. The third-order valence-corrected chi connectivity index (χ3v) is 3.64. The van der Waals surface area contributed by atoms with Crippen LogP contribution in [0.3, 0.4) is 0 Å². The number of rotatable bonds is 5. The highest BCUT2D eigenvalue weighted by Crippen LogP contribution is 2.23. The molecule has 2 atom stereocenters. The molecule has 2 aromatic rings. The summed E-state index contributed by atoms with van der Waals surface area (Å²) in [7, 11) is 0. The minimum Gasteiger partial charge on any atom is -0.468 e. The van der Waals surface area contributed by atoms with Crippen molar-refractivity contribution in [2.45, 2.75) is 32.4 Å². The van der Waals surface area contributed by atoms with Crippen LogP contribution in [0.5, 0.6) is 0 Å². The van der Waals surface area contributed by atoms with Crippen molar-refractivity contribution in [2.75, 3.05) is 0 Å². The zero-order valence-corrected chi connectivity index (χ0v) is 12.3. The Labute approximate surface area is 117 Å². The molecule has 2 unspecified atom stereocenters.